The molecule has 84 valence electrons. The molecule has 0 amide bonds. The SMILES string of the molecule is CC(=O)C1CCCC1=NC1CCCCC1. The lowest BCUT2D eigenvalue weighted by Gasteiger charge is -2.19. The maximum atomic E-state index is 11.4. The van der Waals surface area contributed by atoms with E-state index in [2.05, 4.69) is 0 Å². The Bertz CT molecular complexity index is 264. The summed E-state index contributed by atoms with van der Waals surface area (Å²) in [4.78, 5) is 16.3. The standard InChI is InChI=1S/C13H21NO/c1-10(15)12-8-5-9-13(12)14-11-6-3-2-4-7-11/h11-12H,2-9H2,1H3. The summed E-state index contributed by atoms with van der Waals surface area (Å²) in [7, 11) is 0. The van der Waals surface area contributed by atoms with Crippen LogP contribution in [0.2, 0.25) is 0 Å². The summed E-state index contributed by atoms with van der Waals surface area (Å²) in [6, 6.07) is 0.536. The van der Waals surface area contributed by atoms with Gasteiger partial charge in [0.1, 0.15) is 5.78 Å². The van der Waals surface area contributed by atoms with Gasteiger partial charge in [0.15, 0.2) is 0 Å². The Morgan fingerprint density at radius 2 is 1.87 bits per heavy atom. The summed E-state index contributed by atoms with van der Waals surface area (Å²) in [5, 5.41) is 0. The van der Waals surface area contributed by atoms with Crippen molar-refractivity contribution in [3.8, 4) is 0 Å². The first-order chi connectivity index (χ1) is 7.27. The Kier molecular flexibility index (Phi) is 3.55. The predicted molar refractivity (Wildman–Crippen MR) is 62.3 cm³/mol. The van der Waals surface area contributed by atoms with Gasteiger partial charge in [0.25, 0.3) is 0 Å². The van der Waals surface area contributed by atoms with Crippen molar-refractivity contribution < 1.29 is 4.79 Å². The highest BCUT2D eigenvalue weighted by Gasteiger charge is 2.27. The van der Waals surface area contributed by atoms with E-state index in [1.165, 1.54) is 37.8 Å². The minimum absolute atomic E-state index is 0.173. The minimum Gasteiger partial charge on any atom is -0.299 e. The third-order valence-electron chi connectivity index (χ3n) is 3.74. The predicted octanol–water partition coefficient (Wildman–Crippen LogP) is 3.15. The molecule has 1 atom stereocenters. The highest BCUT2D eigenvalue weighted by Crippen LogP contribution is 2.27. The van der Waals surface area contributed by atoms with Gasteiger partial charge in [0.05, 0.1) is 5.92 Å². The number of carbonyl (C=O) groups is 1. The number of carbonyl (C=O) groups excluding carboxylic acids is 1. The zero-order valence-electron chi connectivity index (χ0n) is 9.67. The van der Waals surface area contributed by atoms with Crippen LogP contribution in [0.25, 0.3) is 0 Å². The number of rotatable bonds is 2. The van der Waals surface area contributed by atoms with E-state index in [-0.39, 0.29) is 5.92 Å². The maximum absolute atomic E-state index is 11.4. The number of hydrogen-bond acceptors (Lipinski definition) is 2. The normalized spacial score (nSPS) is 31.0. The van der Waals surface area contributed by atoms with Gasteiger partial charge in [0.2, 0.25) is 0 Å². The van der Waals surface area contributed by atoms with Gasteiger partial charge in [-0.25, -0.2) is 0 Å². The first-order valence-electron chi connectivity index (χ1n) is 6.34. The first-order valence-corrected chi connectivity index (χ1v) is 6.34. The van der Waals surface area contributed by atoms with Crippen molar-refractivity contribution in [3.05, 3.63) is 0 Å². The zero-order chi connectivity index (χ0) is 10.7. The van der Waals surface area contributed by atoms with Crippen LogP contribution in [-0.4, -0.2) is 17.5 Å². The fourth-order valence-electron chi connectivity index (χ4n) is 2.87. The molecule has 2 aliphatic carbocycles. The molecule has 2 nitrogen and oxygen atoms in total. The number of nitrogens with zero attached hydrogens (tertiary/aromatic N) is 1. The molecule has 0 bridgehead atoms. The molecular weight excluding hydrogens is 186 g/mol. The molecule has 0 heterocycles. The molecule has 0 spiro atoms. The van der Waals surface area contributed by atoms with Crippen molar-refractivity contribution in [3.63, 3.8) is 0 Å². The lowest BCUT2D eigenvalue weighted by Crippen LogP contribution is -2.19. The van der Waals surface area contributed by atoms with E-state index in [0.717, 1.165) is 19.3 Å². The van der Waals surface area contributed by atoms with E-state index in [9.17, 15) is 4.79 Å². The summed E-state index contributed by atoms with van der Waals surface area (Å²) in [6.07, 6.45) is 9.79. The Hall–Kier alpha value is -0.660. The summed E-state index contributed by atoms with van der Waals surface area (Å²) in [6.45, 7) is 1.71. The van der Waals surface area contributed by atoms with Crippen LogP contribution in [0.3, 0.4) is 0 Å². The van der Waals surface area contributed by atoms with Gasteiger partial charge in [0, 0.05) is 11.8 Å². The molecule has 2 heteroatoms. The fraction of sp³-hybridized carbons (Fsp3) is 0.846. The molecule has 0 N–H and O–H groups in total. The third-order valence-corrected chi connectivity index (χ3v) is 3.74. The molecule has 0 aromatic carbocycles. The zero-order valence-corrected chi connectivity index (χ0v) is 9.67. The van der Waals surface area contributed by atoms with Crippen LogP contribution in [-0.2, 0) is 4.79 Å². The summed E-state index contributed by atoms with van der Waals surface area (Å²) >= 11 is 0. The van der Waals surface area contributed by atoms with Crippen LogP contribution in [0.4, 0.5) is 0 Å². The number of Topliss-reactive ketones (excluding diaryl/α,β-unsaturated/α-hetero) is 1. The Balaban J connectivity index is 2.01. The monoisotopic (exact) mass is 207 g/mol. The van der Waals surface area contributed by atoms with E-state index in [0.29, 0.717) is 11.8 Å². The maximum Gasteiger partial charge on any atom is 0.138 e. The molecule has 0 radical (unpaired) electrons. The average Bonchev–Trinajstić information content (AvgIpc) is 2.67. The number of hydrogen-bond donors (Lipinski definition) is 0. The molecule has 1 unspecified atom stereocenters. The van der Waals surface area contributed by atoms with Crippen LogP contribution in [0.5, 0.6) is 0 Å². The lowest BCUT2D eigenvalue weighted by molar-refractivity contribution is -0.118. The molecule has 2 aliphatic rings. The molecule has 0 aromatic rings. The second-order valence-corrected chi connectivity index (χ2v) is 4.97. The van der Waals surface area contributed by atoms with E-state index in [1.807, 2.05) is 0 Å². The molecule has 15 heavy (non-hydrogen) atoms. The van der Waals surface area contributed by atoms with Crippen LogP contribution in [0, 0.1) is 5.92 Å². The molecule has 2 fully saturated rings. The van der Waals surface area contributed by atoms with E-state index >= 15 is 0 Å². The quantitative estimate of drug-likeness (QED) is 0.684. The van der Waals surface area contributed by atoms with E-state index in [1.54, 1.807) is 6.92 Å². The van der Waals surface area contributed by atoms with Crippen LogP contribution in [0.1, 0.15) is 58.3 Å². The smallest absolute Gasteiger partial charge is 0.138 e. The van der Waals surface area contributed by atoms with Crippen molar-refractivity contribution >= 4 is 11.5 Å². The second-order valence-electron chi connectivity index (χ2n) is 4.97. The van der Waals surface area contributed by atoms with Crippen molar-refractivity contribution in [2.45, 2.75) is 64.3 Å². The molecule has 2 rings (SSSR count). The summed E-state index contributed by atoms with van der Waals surface area (Å²) in [5.41, 5.74) is 1.22. The van der Waals surface area contributed by atoms with Gasteiger partial charge in [-0.3, -0.25) is 9.79 Å². The van der Waals surface area contributed by atoms with E-state index < -0.39 is 0 Å². The molecular formula is C13H21NO. The highest BCUT2D eigenvalue weighted by atomic mass is 16.1. The molecule has 0 aromatic heterocycles. The molecule has 0 aliphatic heterocycles. The molecule has 2 saturated carbocycles. The van der Waals surface area contributed by atoms with Gasteiger partial charge in [-0.2, -0.15) is 0 Å². The highest BCUT2D eigenvalue weighted by molar-refractivity contribution is 6.05. The summed E-state index contributed by atoms with van der Waals surface area (Å²) in [5.74, 6) is 0.494. The lowest BCUT2D eigenvalue weighted by atomic mass is 9.95. The third kappa shape index (κ3) is 2.67. The topological polar surface area (TPSA) is 29.4 Å². The number of ketones is 1. The molecule has 0 saturated heterocycles. The van der Waals surface area contributed by atoms with Gasteiger partial charge in [-0.1, -0.05) is 19.3 Å². The van der Waals surface area contributed by atoms with E-state index in [4.69, 9.17) is 4.99 Å². The van der Waals surface area contributed by atoms with Crippen molar-refractivity contribution in [2.75, 3.05) is 0 Å². The van der Waals surface area contributed by atoms with Crippen molar-refractivity contribution in [1.82, 2.24) is 0 Å². The van der Waals surface area contributed by atoms with Crippen LogP contribution in [0.15, 0.2) is 4.99 Å². The van der Waals surface area contributed by atoms with Crippen molar-refractivity contribution in [2.24, 2.45) is 10.9 Å². The Labute approximate surface area is 92.2 Å². The number of aliphatic imine (C=N–C) groups is 1. The fourth-order valence-corrected chi connectivity index (χ4v) is 2.87. The van der Waals surface area contributed by atoms with Gasteiger partial charge < -0.3 is 0 Å². The Morgan fingerprint density at radius 3 is 2.53 bits per heavy atom. The second kappa shape index (κ2) is 4.91. The average molecular weight is 207 g/mol. The van der Waals surface area contributed by atoms with Crippen LogP contribution < -0.4 is 0 Å². The van der Waals surface area contributed by atoms with Gasteiger partial charge in [-0.05, 0) is 39.0 Å². The summed E-state index contributed by atoms with van der Waals surface area (Å²) < 4.78 is 0. The van der Waals surface area contributed by atoms with Gasteiger partial charge in [-0.15, -0.1) is 0 Å². The first kappa shape index (κ1) is 10.8. The van der Waals surface area contributed by atoms with Crippen molar-refractivity contribution in [1.29, 1.82) is 0 Å². The Morgan fingerprint density at radius 1 is 1.13 bits per heavy atom. The minimum atomic E-state index is 0.173. The van der Waals surface area contributed by atoms with Crippen LogP contribution >= 0.6 is 0 Å². The largest absolute Gasteiger partial charge is 0.299 e. The van der Waals surface area contributed by atoms with Gasteiger partial charge >= 0.3 is 0 Å².